The van der Waals surface area contributed by atoms with Gasteiger partial charge in [-0.05, 0) is 42.8 Å². The molecule has 0 bridgehead atoms. The van der Waals surface area contributed by atoms with Crippen molar-refractivity contribution in [2.24, 2.45) is 12.8 Å². The lowest BCUT2D eigenvalue weighted by molar-refractivity contribution is 0.100. The van der Waals surface area contributed by atoms with Crippen molar-refractivity contribution in [1.29, 1.82) is 0 Å². The third kappa shape index (κ3) is 3.29. The Kier molecular flexibility index (Phi) is 4.27. The molecule has 29 heavy (non-hydrogen) atoms. The number of fused-ring (bicyclic) bond motifs is 2. The maximum atomic E-state index is 12.1. The van der Waals surface area contributed by atoms with E-state index in [0.717, 1.165) is 17.2 Å². The number of aromatic nitrogens is 3. The Morgan fingerprint density at radius 3 is 2.62 bits per heavy atom. The number of benzene rings is 2. The second-order valence-electron chi connectivity index (χ2n) is 6.99. The van der Waals surface area contributed by atoms with E-state index in [-0.39, 0.29) is 10.5 Å². The van der Waals surface area contributed by atoms with E-state index in [1.54, 1.807) is 23.9 Å². The minimum Gasteiger partial charge on any atom is -0.365 e. The highest BCUT2D eigenvalue weighted by atomic mass is 32.2. The van der Waals surface area contributed by atoms with Crippen LogP contribution in [0.4, 0.5) is 11.4 Å². The number of aryl methyl sites for hydroxylation is 2. The van der Waals surface area contributed by atoms with E-state index in [0.29, 0.717) is 27.8 Å². The third-order valence-electron chi connectivity index (χ3n) is 4.85. The van der Waals surface area contributed by atoms with Gasteiger partial charge in [0.1, 0.15) is 0 Å². The average molecular weight is 409 g/mol. The van der Waals surface area contributed by atoms with E-state index >= 15 is 0 Å². The summed E-state index contributed by atoms with van der Waals surface area (Å²) >= 11 is 0. The van der Waals surface area contributed by atoms with Crippen molar-refractivity contribution in [3.05, 3.63) is 53.9 Å². The predicted molar refractivity (Wildman–Crippen MR) is 112 cm³/mol. The first-order chi connectivity index (χ1) is 13.6. The number of nitrogens with one attached hydrogen (secondary N) is 1. The van der Waals surface area contributed by atoms with Crippen LogP contribution < -0.4 is 11.1 Å². The molecule has 0 radical (unpaired) electrons. The Labute approximate surface area is 167 Å². The molecule has 0 saturated heterocycles. The first-order valence-electron chi connectivity index (χ1n) is 8.77. The van der Waals surface area contributed by atoms with Crippen LogP contribution in [0.15, 0.2) is 47.6 Å². The van der Waals surface area contributed by atoms with Crippen LogP contribution in [0.2, 0.25) is 0 Å². The first kappa shape index (κ1) is 18.9. The lowest BCUT2D eigenvalue weighted by Gasteiger charge is -2.15. The molecule has 4 rings (SSSR count). The summed E-state index contributed by atoms with van der Waals surface area (Å²) in [5, 5.41) is 8.94. The molecule has 3 N–H and O–H groups in total. The zero-order valence-corrected chi connectivity index (χ0v) is 16.9. The SMILES string of the molecule is Cc1cc(S(C)(=O)=O)cc2c(Nc3ccc4cnn(C)c4c3)c(C(N)=O)cnc12. The number of nitrogens with two attached hydrogens (primary N) is 1. The Hall–Kier alpha value is -3.46. The number of primary amides is 1. The molecule has 0 unspecified atom stereocenters. The molecule has 1 amide bonds. The van der Waals surface area contributed by atoms with Crippen molar-refractivity contribution >= 4 is 48.9 Å². The van der Waals surface area contributed by atoms with Crippen molar-refractivity contribution in [2.75, 3.05) is 11.6 Å². The number of nitrogens with zero attached hydrogens (tertiary/aromatic N) is 3. The number of sulfone groups is 1. The molecule has 0 aliphatic rings. The van der Waals surface area contributed by atoms with Crippen LogP contribution in [0.25, 0.3) is 21.8 Å². The van der Waals surface area contributed by atoms with E-state index in [1.807, 2.05) is 25.2 Å². The van der Waals surface area contributed by atoms with Gasteiger partial charge < -0.3 is 11.1 Å². The Balaban J connectivity index is 1.98. The Morgan fingerprint density at radius 2 is 1.93 bits per heavy atom. The molecular formula is C20H19N5O3S. The van der Waals surface area contributed by atoms with Crippen LogP contribution >= 0.6 is 0 Å². The highest BCUT2D eigenvalue weighted by Crippen LogP contribution is 2.33. The van der Waals surface area contributed by atoms with Gasteiger partial charge in [-0.1, -0.05) is 0 Å². The second-order valence-corrected chi connectivity index (χ2v) is 9.00. The monoisotopic (exact) mass is 409 g/mol. The molecule has 2 heterocycles. The number of hydrogen-bond acceptors (Lipinski definition) is 6. The van der Waals surface area contributed by atoms with E-state index in [4.69, 9.17) is 5.73 Å². The molecule has 8 nitrogen and oxygen atoms in total. The van der Waals surface area contributed by atoms with Gasteiger partial charge in [-0.3, -0.25) is 14.5 Å². The van der Waals surface area contributed by atoms with E-state index in [1.165, 1.54) is 12.3 Å². The normalized spacial score (nSPS) is 11.8. The largest absolute Gasteiger partial charge is 0.365 e. The Morgan fingerprint density at radius 1 is 1.17 bits per heavy atom. The van der Waals surface area contributed by atoms with Crippen molar-refractivity contribution in [2.45, 2.75) is 11.8 Å². The minimum atomic E-state index is -3.45. The molecule has 0 spiro atoms. The lowest BCUT2D eigenvalue weighted by atomic mass is 10.1. The topological polar surface area (TPSA) is 120 Å². The number of carbonyl (C=O) groups excluding carboxylic acids is 1. The zero-order valence-electron chi connectivity index (χ0n) is 16.1. The van der Waals surface area contributed by atoms with E-state index < -0.39 is 15.7 Å². The summed E-state index contributed by atoms with van der Waals surface area (Å²) in [7, 11) is -1.61. The molecule has 0 saturated carbocycles. The fourth-order valence-electron chi connectivity index (χ4n) is 3.35. The lowest BCUT2D eigenvalue weighted by Crippen LogP contribution is -2.14. The molecule has 2 aromatic heterocycles. The van der Waals surface area contributed by atoms with E-state index in [2.05, 4.69) is 15.4 Å². The van der Waals surface area contributed by atoms with Crippen LogP contribution in [0, 0.1) is 6.92 Å². The third-order valence-corrected chi connectivity index (χ3v) is 5.94. The maximum Gasteiger partial charge on any atom is 0.252 e. The van der Waals surface area contributed by atoms with Gasteiger partial charge in [0.15, 0.2) is 9.84 Å². The fraction of sp³-hybridized carbons (Fsp3) is 0.150. The van der Waals surface area contributed by atoms with Crippen LogP contribution in [0.1, 0.15) is 15.9 Å². The number of rotatable bonds is 4. The number of amides is 1. The number of anilines is 2. The smallest absolute Gasteiger partial charge is 0.252 e. The molecule has 0 fully saturated rings. The van der Waals surface area contributed by atoms with Crippen LogP contribution in [0.3, 0.4) is 0 Å². The van der Waals surface area contributed by atoms with Gasteiger partial charge in [0.05, 0.1) is 33.4 Å². The summed E-state index contributed by atoms with van der Waals surface area (Å²) in [4.78, 5) is 16.5. The number of carbonyl (C=O) groups is 1. The van der Waals surface area contributed by atoms with Gasteiger partial charge in [0, 0.05) is 36.0 Å². The first-order valence-corrected chi connectivity index (χ1v) is 10.7. The summed E-state index contributed by atoms with van der Waals surface area (Å²) in [6.07, 6.45) is 4.31. The van der Waals surface area contributed by atoms with Gasteiger partial charge in [-0.15, -0.1) is 0 Å². The summed E-state index contributed by atoms with van der Waals surface area (Å²) in [6.45, 7) is 1.78. The minimum absolute atomic E-state index is 0.149. The van der Waals surface area contributed by atoms with Gasteiger partial charge in [-0.2, -0.15) is 5.10 Å². The van der Waals surface area contributed by atoms with Crippen molar-refractivity contribution in [1.82, 2.24) is 14.8 Å². The fourth-order valence-corrected chi connectivity index (χ4v) is 4.07. The summed E-state index contributed by atoms with van der Waals surface area (Å²) in [5.41, 5.74) is 9.04. The van der Waals surface area contributed by atoms with Crippen LogP contribution in [-0.2, 0) is 16.9 Å². The van der Waals surface area contributed by atoms with Crippen LogP contribution in [0.5, 0.6) is 0 Å². The average Bonchev–Trinajstić information content (AvgIpc) is 3.01. The highest BCUT2D eigenvalue weighted by Gasteiger charge is 2.18. The standard InChI is InChI=1S/C20H19N5O3S/c1-11-6-14(29(3,27)28)8-15-18(11)22-10-16(20(21)26)19(15)24-13-5-4-12-9-23-25(2)17(12)7-13/h4-10H,1-3H3,(H2,21,26)(H,22,24). The molecule has 148 valence electrons. The molecule has 0 atom stereocenters. The number of hydrogen-bond donors (Lipinski definition) is 2. The Bertz CT molecular complexity index is 1410. The molecule has 0 aliphatic heterocycles. The molecule has 9 heteroatoms. The molecule has 0 aliphatic carbocycles. The molecule has 2 aromatic carbocycles. The predicted octanol–water partition coefficient (Wildman–Crippen LogP) is 2.68. The van der Waals surface area contributed by atoms with E-state index in [9.17, 15) is 13.2 Å². The van der Waals surface area contributed by atoms with Crippen molar-refractivity contribution in [3.63, 3.8) is 0 Å². The summed E-state index contributed by atoms with van der Waals surface area (Å²) in [5.74, 6) is -0.661. The van der Waals surface area contributed by atoms with Gasteiger partial charge in [0.25, 0.3) is 5.91 Å². The van der Waals surface area contributed by atoms with Crippen LogP contribution in [-0.4, -0.2) is 35.3 Å². The molecule has 4 aromatic rings. The zero-order chi connectivity index (χ0) is 20.9. The summed E-state index contributed by atoms with van der Waals surface area (Å²) < 4.78 is 26.0. The van der Waals surface area contributed by atoms with Crippen molar-refractivity contribution < 1.29 is 13.2 Å². The quantitative estimate of drug-likeness (QED) is 0.535. The maximum absolute atomic E-state index is 12.1. The molecular weight excluding hydrogens is 390 g/mol. The van der Waals surface area contributed by atoms with Gasteiger partial charge in [0.2, 0.25) is 0 Å². The van der Waals surface area contributed by atoms with Gasteiger partial charge >= 0.3 is 0 Å². The number of pyridine rings is 1. The highest BCUT2D eigenvalue weighted by molar-refractivity contribution is 7.90. The van der Waals surface area contributed by atoms with Gasteiger partial charge in [-0.25, -0.2) is 8.42 Å². The second kappa shape index (κ2) is 6.56. The summed E-state index contributed by atoms with van der Waals surface area (Å²) in [6, 6.07) is 8.74. The van der Waals surface area contributed by atoms with Crippen molar-refractivity contribution in [3.8, 4) is 0 Å².